The van der Waals surface area contributed by atoms with Crippen molar-refractivity contribution in [2.45, 2.75) is 49.6 Å². The summed E-state index contributed by atoms with van der Waals surface area (Å²) >= 11 is 1.65. The minimum absolute atomic E-state index is 0.811. The Morgan fingerprint density at radius 3 is 2.85 bits per heavy atom. The summed E-state index contributed by atoms with van der Waals surface area (Å²) in [5.74, 6) is 0.935. The first-order valence-corrected chi connectivity index (χ1v) is 8.82. The lowest BCUT2D eigenvalue weighted by Crippen LogP contribution is -2.34. The zero-order valence-electron chi connectivity index (χ0n) is 12.6. The van der Waals surface area contributed by atoms with Crippen molar-refractivity contribution in [2.24, 2.45) is 0 Å². The summed E-state index contributed by atoms with van der Waals surface area (Å²) in [5, 5.41) is 4.40. The second-order valence-corrected chi connectivity index (χ2v) is 6.32. The van der Waals surface area contributed by atoms with E-state index in [1.54, 1.807) is 18.1 Å². The van der Waals surface area contributed by atoms with Gasteiger partial charge in [-0.15, -0.1) is 11.8 Å². The van der Waals surface area contributed by atoms with Gasteiger partial charge in [0.2, 0.25) is 0 Å². The molecule has 0 aromatic carbocycles. The van der Waals surface area contributed by atoms with E-state index in [2.05, 4.69) is 27.2 Å². The summed E-state index contributed by atoms with van der Waals surface area (Å²) < 4.78 is 0. The number of hydrogen-bond donors (Lipinski definition) is 1. The lowest BCUT2D eigenvalue weighted by Gasteiger charge is -2.31. The van der Waals surface area contributed by atoms with Crippen LogP contribution in [0.1, 0.15) is 38.5 Å². The lowest BCUT2D eigenvalue weighted by molar-refractivity contribution is 0.191. The van der Waals surface area contributed by atoms with Gasteiger partial charge in [0, 0.05) is 18.7 Å². The zero-order chi connectivity index (χ0) is 14.2. The average Bonchev–Trinajstić information content (AvgIpc) is 2.52. The second kappa shape index (κ2) is 8.47. The lowest BCUT2D eigenvalue weighted by atomic mass is 9.94. The van der Waals surface area contributed by atoms with Gasteiger partial charge < -0.3 is 10.2 Å². The molecule has 0 bridgehead atoms. The normalized spacial score (nSPS) is 16.6. The van der Waals surface area contributed by atoms with Crippen LogP contribution in [-0.2, 0) is 0 Å². The van der Waals surface area contributed by atoms with Gasteiger partial charge in [0.05, 0.1) is 0 Å². The molecule has 1 aromatic heterocycles. The predicted molar refractivity (Wildman–Crippen MR) is 86.4 cm³/mol. The van der Waals surface area contributed by atoms with Crippen LogP contribution in [0, 0.1) is 0 Å². The Labute approximate surface area is 126 Å². The fourth-order valence-corrected chi connectivity index (χ4v) is 3.18. The van der Waals surface area contributed by atoms with E-state index in [0.29, 0.717) is 0 Å². The number of anilines is 1. The van der Waals surface area contributed by atoms with E-state index in [-0.39, 0.29) is 0 Å². The van der Waals surface area contributed by atoms with Gasteiger partial charge in [-0.25, -0.2) is 9.97 Å². The van der Waals surface area contributed by atoms with E-state index in [0.717, 1.165) is 36.4 Å². The van der Waals surface area contributed by atoms with Gasteiger partial charge in [-0.05, 0) is 39.1 Å². The number of rotatable bonds is 7. The average molecular weight is 294 g/mol. The van der Waals surface area contributed by atoms with Crippen molar-refractivity contribution < 1.29 is 0 Å². The molecule has 0 aliphatic heterocycles. The molecule has 1 heterocycles. The Morgan fingerprint density at radius 1 is 1.30 bits per heavy atom. The van der Waals surface area contributed by atoms with Crippen molar-refractivity contribution >= 4 is 17.6 Å². The Bertz CT molecular complexity index is 393. The van der Waals surface area contributed by atoms with Crippen LogP contribution in [0.15, 0.2) is 17.4 Å². The van der Waals surface area contributed by atoms with Crippen molar-refractivity contribution in [3.8, 4) is 0 Å². The first kappa shape index (κ1) is 15.6. The van der Waals surface area contributed by atoms with Gasteiger partial charge in [0.25, 0.3) is 0 Å². The zero-order valence-corrected chi connectivity index (χ0v) is 13.5. The number of hydrogen-bond acceptors (Lipinski definition) is 5. The van der Waals surface area contributed by atoms with Gasteiger partial charge >= 0.3 is 0 Å². The fraction of sp³-hybridized carbons (Fsp3) is 0.733. The first-order valence-electron chi connectivity index (χ1n) is 7.60. The van der Waals surface area contributed by atoms with Gasteiger partial charge in [0.1, 0.15) is 17.2 Å². The molecule has 0 spiro atoms. The SMILES string of the molecule is CSc1cc(NCCCN(C)C2CCCCC2)ncn1. The molecule has 112 valence electrons. The summed E-state index contributed by atoms with van der Waals surface area (Å²) in [6, 6.07) is 2.82. The molecule has 2 rings (SSSR count). The van der Waals surface area contributed by atoms with E-state index < -0.39 is 0 Å². The third kappa shape index (κ3) is 4.94. The topological polar surface area (TPSA) is 41.0 Å². The van der Waals surface area contributed by atoms with Crippen LogP contribution in [0.25, 0.3) is 0 Å². The molecular weight excluding hydrogens is 268 g/mol. The van der Waals surface area contributed by atoms with Crippen molar-refractivity contribution in [3.05, 3.63) is 12.4 Å². The largest absolute Gasteiger partial charge is 0.370 e. The first-order chi connectivity index (χ1) is 9.79. The van der Waals surface area contributed by atoms with E-state index in [1.165, 1.54) is 32.1 Å². The van der Waals surface area contributed by atoms with Crippen molar-refractivity contribution in [1.82, 2.24) is 14.9 Å². The summed E-state index contributed by atoms with van der Waals surface area (Å²) in [6.45, 7) is 2.14. The van der Waals surface area contributed by atoms with Gasteiger partial charge in [-0.1, -0.05) is 19.3 Å². The molecule has 1 aliphatic carbocycles. The number of nitrogens with zero attached hydrogens (tertiary/aromatic N) is 3. The van der Waals surface area contributed by atoms with Crippen LogP contribution in [0.2, 0.25) is 0 Å². The van der Waals surface area contributed by atoms with Gasteiger partial charge in [-0.3, -0.25) is 0 Å². The molecule has 5 heteroatoms. The highest BCUT2D eigenvalue weighted by Gasteiger charge is 2.17. The Balaban J connectivity index is 1.65. The van der Waals surface area contributed by atoms with Crippen molar-refractivity contribution in [3.63, 3.8) is 0 Å². The van der Waals surface area contributed by atoms with Crippen LogP contribution < -0.4 is 5.32 Å². The fourth-order valence-electron chi connectivity index (χ4n) is 2.80. The van der Waals surface area contributed by atoms with Crippen LogP contribution in [0.5, 0.6) is 0 Å². The minimum Gasteiger partial charge on any atom is -0.370 e. The maximum atomic E-state index is 4.24. The predicted octanol–water partition coefficient (Wildman–Crippen LogP) is 3.27. The Kier molecular flexibility index (Phi) is 6.60. The highest BCUT2D eigenvalue weighted by Crippen LogP contribution is 2.21. The number of nitrogens with one attached hydrogen (secondary N) is 1. The summed E-state index contributed by atoms with van der Waals surface area (Å²) in [7, 11) is 2.27. The molecule has 1 N–H and O–H groups in total. The third-order valence-electron chi connectivity index (χ3n) is 4.04. The molecule has 0 amide bonds. The second-order valence-electron chi connectivity index (χ2n) is 5.50. The minimum atomic E-state index is 0.811. The van der Waals surface area contributed by atoms with E-state index >= 15 is 0 Å². The van der Waals surface area contributed by atoms with Crippen LogP contribution in [0.4, 0.5) is 5.82 Å². The van der Waals surface area contributed by atoms with Crippen molar-refractivity contribution in [1.29, 1.82) is 0 Å². The standard InChI is InChI=1S/C15H26N4S/c1-19(13-7-4-3-5-8-13)10-6-9-16-14-11-15(20-2)18-12-17-14/h11-13H,3-10H2,1-2H3,(H,16,17,18). The van der Waals surface area contributed by atoms with Gasteiger partial charge in [-0.2, -0.15) is 0 Å². The Morgan fingerprint density at radius 2 is 2.10 bits per heavy atom. The maximum absolute atomic E-state index is 4.24. The summed E-state index contributed by atoms with van der Waals surface area (Å²) in [5.41, 5.74) is 0. The molecule has 0 unspecified atom stereocenters. The maximum Gasteiger partial charge on any atom is 0.130 e. The number of aromatic nitrogens is 2. The quantitative estimate of drug-likeness (QED) is 0.475. The summed E-state index contributed by atoms with van der Waals surface area (Å²) in [4.78, 5) is 11.0. The smallest absolute Gasteiger partial charge is 0.130 e. The Hall–Kier alpha value is -0.810. The molecule has 1 aliphatic rings. The molecule has 0 radical (unpaired) electrons. The number of thioether (sulfide) groups is 1. The van der Waals surface area contributed by atoms with Crippen LogP contribution >= 0.6 is 11.8 Å². The van der Waals surface area contributed by atoms with Crippen LogP contribution in [-0.4, -0.2) is 47.3 Å². The van der Waals surface area contributed by atoms with E-state index in [4.69, 9.17) is 0 Å². The molecule has 1 aromatic rings. The molecular formula is C15H26N4S. The van der Waals surface area contributed by atoms with Crippen LogP contribution in [0.3, 0.4) is 0 Å². The third-order valence-corrected chi connectivity index (χ3v) is 4.68. The van der Waals surface area contributed by atoms with E-state index in [9.17, 15) is 0 Å². The summed E-state index contributed by atoms with van der Waals surface area (Å²) in [6.07, 6.45) is 11.8. The molecule has 4 nitrogen and oxygen atoms in total. The highest BCUT2D eigenvalue weighted by atomic mass is 32.2. The highest BCUT2D eigenvalue weighted by molar-refractivity contribution is 7.98. The molecule has 0 saturated heterocycles. The van der Waals surface area contributed by atoms with E-state index in [1.807, 2.05) is 12.3 Å². The molecule has 20 heavy (non-hydrogen) atoms. The molecule has 0 atom stereocenters. The monoisotopic (exact) mass is 294 g/mol. The van der Waals surface area contributed by atoms with Crippen molar-refractivity contribution in [2.75, 3.05) is 31.7 Å². The molecule has 1 saturated carbocycles. The van der Waals surface area contributed by atoms with Gasteiger partial charge in [0.15, 0.2) is 0 Å². The molecule has 1 fully saturated rings.